The van der Waals surface area contributed by atoms with Crippen molar-refractivity contribution in [2.24, 2.45) is 5.92 Å². The summed E-state index contributed by atoms with van der Waals surface area (Å²) in [7, 11) is 0. The van der Waals surface area contributed by atoms with E-state index in [-0.39, 0.29) is 11.3 Å². The molecule has 0 aromatic carbocycles. The van der Waals surface area contributed by atoms with Crippen LogP contribution in [-0.2, 0) is 0 Å². The van der Waals surface area contributed by atoms with Gasteiger partial charge in [0.2, 0.25) is 0 Å². The summed E-state index contributed by atoms with van der Waals surface area (Å²) in [5.41, 5.74) is 6.25. The van der Waals surface area contributed by atoms with E-state index in [9.17, 15) is 4.79 Å². The van der Waals surface area contributed by atoms with Crippen LogP contribution in [-0.4, -0.2) is 22.1 Å². The van der Waals surface area contributed by atoms with E-state index in [1.165, 1.54) is 44.4 Å². The lowest BCUT2D eigenvalue weighted by Gasteiger charge is -2.31. The van der Waals surface area contributed by atoms with Crippen molar-refractivity contribution in [1.29, 1.82) is 0 Å². The van der Waals surface area contributed by atoms with Gasteiger partial charge in [-0.05, 0) is 31.2 Å². The molecule has 1 aliphatic carbocycles. The molecule has 1 aromatic rings. The standard InChI is InChI=1S/C15H23N3O2/c1-2-12(10-6-4-3-5-7-10)18-14-13(16)11(15(19)20)8-9-17-14/h8-10,12H,2-7,16H2,1H3,(H,17,18)(H,19,20). The number of hydrogen-bond acceptors (Lipinski definition) is 4. The number of rotatable bonds is 5. The Bertz CT molecular complexity index is 470. The summed E-state index contributed by atoms with van der Waals surface area (Å²) in [6.45, 7) is 2.14. The first-order valence-electron chi connectivity index (χ1n) is 7.37. The van der Waals surface area contributed by atoms with Gasteiger partial charge in [-0.1, -0.05) is 26.2 Å². The molecule has 1 unspecified atom stereocenters. The van der Waals surface area contributed by atoms with Gasteiger partial charge in [-0.25, -0.2) is 9.78 Å². The number of nitrogen functional groups attached to an aromatic ring is 1. The van der Waals surface area contributed by atoms with Gasteiger partial charge in [-0.3, -0.25) is 0 Å². The van der Waals surface area contributed by atoms with Gasteiger partial charge in [0.25, 0.3) is 0 Å². The van der Waals surface area contributed by atoms with Crippen molar-refractivity contribution in [3.63, 3.8) is 0 Å². The normalized spacial score (nSPS) is 17.6. The van der Waals surface area contributed by atoms with E-state index in [0.29, 0.717) is 17.8 Å². The predicted octanol–water partition coefficient (Wildman–Crippen LogP) is 3.13. The SMILES string of the molecule is CCC(Nc1nccc(C(=O)O)c1N)C1CCCCC1. The van der Waals surface area contributed by atoms with Crippen LogP contribution in [0.4, 0.5) is 11.5 Å². The lowest BCUT2D eigenvalue weighted by Crippen LogP contribution is -2.31. The van der Waals surface area contributed by atoms with Gasteiger partial charge in [0.05, 0.1) is 11.3 Å². The van der Waals surface area contributed by atoms with E-state index in [0.717, 1.165) is 6.42 Å². The number of nitrogens with zero attached hydrogens (tertiary/aromatic N) is 1. The fourth-order valence-electron chi connectivity index (χ4n) is 3.04. The second-order valence-electron chi connectivity index (χ2n) is 5.48. The zero-order chi connectivity index (χ0) is 14.5. The van der Waals surface area contributed by atoms with E-state index in [4.69, 9.17) is 10.8 Å². The van der Waals surface area contributed by atoms with Crippen LogP contribution in [0.1, 0.15) is 55.8 Å². The highest BCUT2D eigenvalue weighted by atomic mass is 16.4. The van der Waals surface area contributed by atoms with Crippen molar-refractivity contribution in [1.82, 2.24) is 4.98 Å². The Labute approximate surface area is 119 Å². The first-order valence-corrected chi connectivity index (χ1v) is 7.37. The van der Waals surface area contributed by atoms with Gasteiger partial charge in [0, 0.05) is 12.2 Å². The Morgan fingerprint density at radius 3 is 2.80 bits per heavy atom. The maximum Gasteiger partial charge on any atom is 0.337 e. The fourth-order valence-corrected chi connectivity index (χ4v) is 3.04. The minimum absolute atomic E-state index is 0.112. The molecular formula is C15H23N3O2. The molecule has 0 aliphatic heterocycles. The van der Waals surface area contributed by atoms with Crippen LogP contribution in [0.5, 0.6) is 0 Å². The molecule has 1 saturated carbocycles. The fraction of sp³-hybridized carbons (Fsp3) is 0.600. The van der Waals surface area contributed by atoms with Crippen LogP contribution in [0.15, 0.2) is 12.3 Å². The van der Waals surface area contributed by atoms with Crippen molar-refractivity contribution >= 4 is 17.5 Å². The number of pyridine rings is 1. The summed E-state index contributed by atoms with van der Waals surface area (Å²) in [6.07, 6.45) is 8.82. The van der Waals surface area contributed by atoms with Crippen molar-refractivity contribution in [3.05, 3.63) is 17.8 Å². The van der Waals surface area contributed by atoms with E-state index in [1.54, 1.807) is 0 Å². The minimum atomic E-state index is -1.02. The number of carboxylic acid groups (broad SMARTS) is 1. The molecule has 110 valence electrons. The highest BCUT2D eigenvalue weighted by Gasteiger charge is 2.23. The molecule has 4 N–H and O–H groups in total. The van der Waals surface area contributed by atoms with Crippen LogP contribution in [0, 0.1) is 5.92 Å². The molecule has 1 fully saturated rings. The lowest BCUT2D eigenvalue weighted by atomic mass is 9.83. The van der Waals surface area contributed by atoms with Gasteiger partial charge >= 0.3 is 5.97 Å². The van der Waals surface area contributed by atoms with Crippen LogP contribution in [0.25, 0.3) is 0 Å². The Morgan fingerprint density at radius 1 is 1.50 bits per heavy atom. The zero-order valence-electron chi connectivity index (χ0n) is 11.9. The van der Waals surface area contributed by atoms with Crippen molar-refractivity contribution < 1.29 is 9.90 Å². The average Bonchev–Trinajstić information content (AvgIpc) is 2.47. The summed E-state index contributed by atoms with van der Waals surface area (Å²) >= 11 is 0. The quantitative estimate of drug-likeness (QED) is 0.769. The molecule has 0 amide bonds. The maximum absolute atomic E-state index is 11.1. The van der Waals surface area contributed by atoms with Crippen LogP contribution in [0.2, 0.25) is 0 Å². The third-order valence-corrected chi connectivity index (χ3v) is 4.20. The first kappa shape index (κ1) is 14.6. The number of hydrogen-bond donors (Lipinski definition) is 3. The molecule has 1 atom stereocenters. The monoisotopic (exact) mass is 277 g/mol. The van der Waals surface area contributed by atoms with E-state index >= 15 is 0 Å². The highest BCUT2D eigenvalue weighted by Crippen LogP contribution is 2.30. The molecule has 20 heavy (non-hydrogen) atoms. The number of carboxylic acids is 1. The Morgan fingerprint density at radius 2 is 2.20 bits per heavy atom. The number of aromatic nitrogens is 1. The third kappa shape index (κ3) is 3.21. The van der Waals surface area contributed by atoms with Crippen LogP contribution < -0.4 is 11.1 Å². The second-order valence-corrected chi connectivity index (χ2v) is 5.48. The molecule has 1 aliphatic rings. The number of aromatic carboxylic acids is 1. The minimum Gasteiger partial charge on any atom is -0.478 e. The largest absolute Gasteiger partial charge is 0.478 e. The smallest absolute Gasteiger partial charge is 0.337 e. The molecule has 0 spiro atoms. The van der Waals surface area contributed by atoms with Crippen LogP contribution >= 0.6 is 0 Å². The average molecular weight is 277 g/mol. The molecule has 0 radical (unpaired) electrons. The van der Waals surface area contributed by atoms with Gasteiger partial charge in [0.1, 0.15) is 5.82 Å². The van der Waals surface area contributed by atoms with Crippen molar-refractivity contribution in [2.45, 2.75) is 51.5 Å². The summed E-state index contributed by atoms with van der Waals surface area (Å²) in [6, 6.07) is 1.75. The lowest BCUT2D eigenvalue weighted by molar-refractivity contribution is 0.0698. The number of carbonyl (C=O) groups is 1. The maximum atomic E-state index is 11.1. The van der Waals surface area contributed by atoms with Gasteiger partial charge in [-0.15, -0.1) is 0 Å². The Hall–Kier alpha value is -1.78. The molecular weight excluding hydrogens is 254 g/mol. The first-order chi connectivity index (χ1) is 9.63. The van der Waals surface area contributed by atoms with E-state index < -0.39 is 5.97 Å². The summed E-state index contributed by atoms with van der Waals surface area (Å²) in [5, 5.41) is 12.5. The number of nitrogens with one attached hydrogen (secondary N) is 1. The Balaban J connectivity index is 2.14. The van der Waals surface area contributed by atoms with Crippen molar-refractivity contribution in [2.75, 3.05) is 11.1 Å². The highest BCUT2D eigenvalue weighted by molar-refractivity contribution is 5.96. The van der Waals surface area contributed by atoms with Gasteiger partial charge in [-0.2, -0.15) is 0 Å². The molecule has 1 heterocycles. The zero-order valence-corrected chi connectivity index (χ0v) is 11.9. The second kappa shape index (κ2) is 6.59. The molecule has 5 nitrogen and oxygen atoms in total. The molecule has 5 heteroatoms. The van der Waals surface area contributed by atoms with Gasteiger partial charge < -0.3 is 16.2 Å². The number of anilines is 2. The molecule has 0 bridgehead atoms. The van der Waals surface area contributed by atoms with Gasteiger partial charge in [0.15, 0.2) is 0 Å². The van der Waals surface area contributed by atoms with E-state index in [2.05, 4.69) is 17.2 Å². The third-order valence-electron chi connectivity index (χ3n) is 4.20. The molecule has 0 saturated heterocycles. The predicted molar refractivity (Wildman–Crippen MR) is 79.9 cm³/mol. The van der Waals surface area contributed by atoms with Crippen molar-refractivity contribution in [3.8, 4) is 0 Å². The number of nitrogens with two attached hydrogens (primary N) is 1. The van der Waals surface area contributed by atoms with Crippen LogP contribution in [0.3, 0.4) is 0 Å². The summed E-state index contributed by atoms with van der Waals surface area (Å²) in [5.74, 6) is 0.115. The molecule has 1 aromatic heterocycles. The summed E-state index contributed by atoms with van der Waals surface area (Å²) < 4.78 is 0. The Kier molecular flexibility index (Phi) is 4.82. The van der Waals surface area contributed by atoms with E-state index in [1.807, 2.05) is 0 Å². The summed E-state index contributed by atoms with van der Waals surface area (Å²) in [4.78, 5) is 15.3. The topological polar surface area (TPSA) is 88.2 Å². The molecule has 2 rings (SSSR count).